The lowest BCUT2D eigenvalue weighted by Crippen LogP contribution is -2.20. The van der Waals surface area contributed by atoms with Crippen molar-refractivity contribution in [1.82, 2.24) is 34.4 Å². The van der Waals surface area contributed by atoms with Gasteiger partial charge in [-0.05, 0) is 12.1 Å². The minimum Gasteiger partial charge on any atom is -0.494 e. The molecule has 1 aliphatic rings. The Kier molecular flexibility index (Phi) is 3.61. The first-order chi connectivity index (χ1) is 13.2. The van der Waals surface area contributed by atoms with E-state index in [9.17, 15) is 0 Å². The molecule has 0 saturated heterocycles. The number of nitrogens with two attached hydrogens (primary N) is 1. The van der Waals surface area contributed by atoms with E-state index in [1.165, 1.54) is 5.56 Å². The molecule has 0 unspecified atom stereocenters. The average molecular weight is 362 g/mol. The Labute approximate surface area is 154 Å². The number of benzene rings is 1. The molecule has 136 valence electrons. The van der Waals surface area contributed by atoms with E-state index in [1.807, 2.05) is 24.4 Å². The van der Waals surface area contributed by atoms with Gasteiger partial charge in [-0.15, -0.1) is 5.10 Å². The van der Waals surface area contributed by atoms with Gasteiger partial charge < -0.3 is 10.5 Å². The van der Waals surface area contributed by atoms with Crippen molar-refractivity contribution in [3.63, 3.8) is 0 Å². The molecule has 0 spiro atoms. The van der Waals surface area contributed by atoms with E-state index in [4.69, 9.17) is 15.5 Å². The van der Waals surface area contributed by atoms with Crippen LogP contribution in [0.3, 0.4) is 0 Å². The fraction of sp³-hybridized carbons (Fsp3) is 0.278. The largest absolute Gasteiger partial charge is 0.494 e. The summed E-state index contributed by atoms with van der Waals surface area (Å²) in [7, 11) is 1.62. The molecular weight excluding hydrogens is 344 g/mol. The molecule has 2 N–H and O–H groups in total. The number of hydrogen-bond donors (Lipinski definition) is 1. The van der Waals surface area contributed by atoms with E-state index < -0.39 is 0 Å². The van der Waals surface area contributed by atoms with Crippen LogP contribution in [0.15, 0.2) is 30.7 Å². The highest BCUT2D eigenvalue weighted by molar-refractivity contribution is 5.95. The molecular formula is C18H18N8O. The second-order valence-electron chi connectivity index (χ2n) is 6.55. The molecule has 1 aromatic carbocycles. The second kappa shape index (κ2) is 6.13. The van der Waals surface area contributed by atoms with Crippen LogP contribution in [0.4, 0.5) is 5.95 Å². The molecule has 0 radical (unpaired) electrons. The summed E-state index contributed by atoms with van der Waals surface area (Å²) < 4.78 is 6.99. The molecule has 5 rings (SSSR count). The Bertz CT molecular complexity index is 1130. The Morgan fingerprint density at radius 2 is 2.15 bits per heavy atom. The quantitative estimate of drug-likeness (QED) is 0.577. The number of fused-ring (bicyclic) bond motifs is 4. The van der Waals surface area contributed by atoms with E-state index in [0.29, 0.717) is 29.3 Å². The molecule has 9 heteroatoms. The number of nitrogens with zero attached hydrogens (tertiary/aromatic N) is 7. The highest BCUT2D eigenvalue weighted by atomic mass is 16.5. The number of para-hydroxylation sites is 1. The summed E-state index contributed by atoms with van der Waals surface area (Å²) >= 11 is 0. The van der Waals surface area contributed by atoms with E-state index in [1.54, 1.807) is 18.0 Å². The van der Waals surface area contributed by atoms with Crippen molar-refractivity contribution in [2.75, 3.05) is 19.4 Å². The van der Waals surface area contributed by atoms with Gasteiger partial charge in [0.15, 0.2) is 11.5 Å². The van der Waals surface area contributed by atoms with Gasteiger partial charge in [0.1, 0.15) is 17.6 Å². The van der Waals surface area contributed by atoms with E-state index >= 15 is 0 Å². The number of ether oxygens (including phenoxy) is 1. The molecule has 1 aliphatic heterocycles. The molecule has 0 aliphatic carbocycles. The maximum Gasteiger partial charge on any atom is 0.223 e. The lowest BCUT2D eigenvalue weighted by molar-refractivity contribution is 0.284. The predicted molar refractivity (Wildman–Crippen MR) is 99.1 cm³/mol. The summed E-state index contributed by atoms with van der Waals surface area (Å²) in [4.78, 5) is 19.9. The molecule has 9 nitrogen and oxygen atoms in total. The third kappa shape index (κ3) is 2.63. The fourth-order valence-corrected chi connectivity index (χ4v) is 3.52. The zero-order valence-electron chi connectivity index (χ0n) is 14.8. The van der Waals surface area contributed by atoms with Gasteiger partial charge in [-0.1, -0.05) is 6.07 Å². The highest BCUT2D eigenvalue weighted by Gasteiger charge is 2.21. The standard InChI is InChI=1S/C18H18N8O/c1-27-14-4-2-3-12-16(14)23-18(19)26-17(12)22-15(24-26)5-6-25-8-11-7-20-10-21-13(11)9-25/h2-4,7,10H,5-6,8-9H2,1H3,(H2,19,23). The Morgan fingerprint density at radius 3 is 3.00 bits per heavy atom. The number of aromatic nitrogens is 6. The molecule has 3 aromatic heterocycles. The molecule has 0 saturated carbocycles. The SMILES string of the molecule is COc1cccc2c1nc(N)n1nc(CCN3Cc4cncnc4C3)nc21. The highest BCUT2D eigenvalue weighted by Crippen LogP contribution is 2.27. The van der Waals surface area contributed by atoms with Crippen LogP contribution in [0.25, 0.3) is 16.6 Å². The first-order valence-electron chi connectivity index (χ1n) is 8.71. The lowest BCUT2D eigenvalue weighted by Gasteiger charge is -2.12. The van der Waals surface area contributed by atoms with Gasteiger partial charge >= 0.3 is 0 Å². The number of rotatable bonds is 4. The van der Waals surface area contributed by atoms with Crippen LogP contribution >= 0.6 is 0 Å². The van der Waals surface area contributed by atoms with Gasteiger partial charge in [0.25, 0.3) is 0 Å². The number of anilines is 1. The summed E-state index contributed by atoms with van der Waals surface area (Å²) in [6.07, 6.45) is 4.20. The summed E-state index contributed by atoms with van der Waals surface area (Å²) in [6.45, 7) is 2.52. The number of methoxy groups -OCH3 is 1. The second-order valence-corrected chi connectivity index (χ2v) is 6.55. The third-order valence-corrected chi connectivity index (χ3v) is 4.85. The van der Waals surface area contributed by atoms with Crippen LogP contribution in [0.1, 0.15) is 17.1 Å². The van der Waals surface area contributed by atoms with Crippen molar-refractivity contribution in [3.05, 3.63) is 47.8 Å². The van der Waals surface area contributed by atoms with Gasteiger partial charge in [-0.25, -0.2) is 19.9 Å². The fourth-order valence-electron chi connectivity index (χ4n) is 3.52. The van der Waals surface area contributed by atoms with Crippen molar-refractivity contribution < 1.29 is 4.74 Å². The molecule has 0 amide bonds. The van der Waals surface area contributed by atoms with Crippen molar-refractivity contribution in [3.8, 4) is 5.75 Å². The van der Waals surface area contributed by atoms with E-state index in [2.05, 4.69) is 25.0 Å². The summed E-state index contributed by atoms with van der Waals surface area (Å²) in [5, 5.41) is 5.42. The Balaban J connectivity index is 1.43. The molecule has 0 bridgehead atoms. The van der Waals surface area contributed by atoms with Crippen LogP contribution < -0.4 is 10.5 Å². The lowest BCUT2D eigenvalue weighted by atomic mass is 10.2. The number of hydrogen-bond acceptors (Lipinski definition) is 8. The maximum atomic E-state index is 6.10. The third-order valence-electron chi connectivity index (χ3n) is 4.85. The van der Waals surface area contributed by atoms with Gasteiger partial charge in [-0.2, -0.15) is 4.52 Å². The average Bonchev–Trinajstić information content (AvgIpc) is 3.30. The molecule has 4 heterocycles. The molecule has 0 fully saturated rings. The Morgan fingerprint density at radius 1 is 1.22 bits per heavy atom. The number of nitrogen functional groups attached to an aromatic ring is 1. The molecule has 4 aromatic rings. The first-order valence-corrected chi connectivity index (χ1v) is 8.71. The molecule has 27 heavy (non-hydrogen) atoms. The van der Waals surface area contributed by atoms with Gasteiger partial charge in [0, 0.05) is 43.2 Å². The minimum absolute atomic E-state index is 0.296. The smallest absolute Gasteiger partial charge is 0.223 e. The monoisotopic (exact) mass is 362 g/mol. The maximum absolute atomic E-state index is 6.10. The van der Waals surface area contributed by atoms with Crippen molar-refractivity contribution in [2.45, 2.75) is 19.5 Å². The summed E-state index contributed by atoms with van der Waals surface area (Å²) in [5.41, 5.74) is 9.78. The minimum atomic E-state index is 0.296. The molecule has 0 atom stereocenters. The van der Waals surface area contributed by atoms with E-state index in [0.717, 1.165) is 36.5 Å². The first kappa shape index (κ1) is 15.9. The van der Waals surface area contributed by atoms with Gasteiger partial charge in [0.2, 0.25) is 5.95 Å². The zero-order valence-corrected chi connectivity index (χ0v) is 14.8. The van der Waals surface area contributed by atoms with E-state index in [-0.39, 0.29) is 0 Å². The predicted octanol–water partition coefficient (Wildman–Crippen LogP) is 1.22. The van der Waals surface area contributed by atoms with Crippen LogP contribution in [0.5, 0.6) is 5.75 Å². The van der Waals surface area contributed by atoms with Crippen LogP contribution in [-0.2, 0) is 19.5 Å². The summed E-state index contributed by atoms with van der Waals surface area (Å²) in [5.74, 6) is 1.70. The van der Waals surface area contributed by atoms with Gasteiger partial charge in [0.05, 0.1) is 12.8 Å². The van der Waals surface area contributed by atoms with Crippen molar-refractivity contribution >= 4 is 22.5 Å². The van der Waals surface area contributed by atoms with Crippen LogP contribution in [-0.4, -0.2) is 48.1 Å². The Hall–Kier alpha value is -3.33. The summed E-state index contributed by atoms with van der Waals surface area (Å²) in [6, 6.07) is 5.72. The van der Waals surface area contributed by atoms with Gasteiger partial charge in [-0.3, -0.25) is 4.90 Å². The van der Waals surface area contributed by atoms with Crippen LogP contribution in [0, 0.1) is 0 Å². The van der Waals surface area contributed by atoms with Crippen LogP contribution in [0.2, 0.25) is 0 Å². The normalized spacial score (nSPS) is 14.1. The van der Waals surface area contributed by atoms with Crippen molar-refractivity contribution in [2.24, 2.45) is 0 Å². The zero-order chi connectivity index (χ0) is 18.4. The topological polar surface area (TPSA) is 107 Å². The van der Waals surface area contributed by atoms with Crippen molar-refractivity contribution in [1.29, 1.82) is 0 Å².